The lowest BCUT2D eigenvalue weighted by atomic mass is 9.97. The van der Waals surface area contributed by atoms with Crippen molar-refractivity contribution in [1.29, 1.82) is 5.41 Å². The van der Waals surface area contributed by atoms with Crippen LogP contribution >= 0.6 is 11.3 Å². The van der Waals surface area contributed by atoms with Gasteiger partial charge in [-0.2, -0.15) is 11.3 Å². The Bertz CT molecular complexity index is 667. The summed E-state index contributed by atoms with van der Waals surface area (Å²) in [6.45, 7) is 2.11. The first kappa shape index (κ1) is 16.2. The summed E-state index contributed by atoms with van der Waals surface area (Å²) in [6.07, 6.45) is 0.591. The van der Waals surface area contributed by atoms with Crippen molar-refractivity contribution < 1.29 is 4.79 Å². The Hall–Kier alpha value is -2.18. The van der Waals surface area contributed by atoms with Gasteiger partial charge in [0.1, 0.15) is 0 Å². The van der Waals surface area contributed by atoms with E-state index in [1.165, 1.54) is 0 Å². The highest BCUT2D eigenvalue weighted by Crippen LogP contribution is 2.25. The number of benzene rings is 1. The molecule has 0 saturated heterocycles. The summed E-state index contributed by atoms with van der Waals surface area (Å²) in [5.41, 5.74) is 14.6. The summed E-state index contributed by atoms with van der Waals surface area (Å²) in [4.78, 5) is 12.5. The van der Waals surface area contributed by atoms with Crippen molar-refractivity contribution >= 4 is 34.3 Å². The summed E-state index contributed by atoms with van der Waals surface area (Å²) in [5, 5.41) is 14.5. The van der Waals surface area contributed by atoms with E-state index in [9.17, 15) is 4.79 Å². The molecule has 1 unspecified atom stereocenters. The highest BCUT2D eigenvalue weighted by Gasteiger charge is 2.20. The first-order chi connectivity index (χ1) is 10.5. The Morgan fingerprint density at radius 3 is 2.77 bits per heavy atom. The van der Waals surface area contributed by atoms with Gasteiger partial charge in [0.05, 0.1) is 5.92 Å². The summed E-state index contributed by atoms with van der Waals surface area (Å²) < 4.78 is 0. The molecule has 116 valence electrons. The van der Waals surface area contributed by atoms with E-state index in [1.807, 2.05) is 16.8 Å². The summed E-state index contributed by atoms with van der Waals surface area (Å²) in [5.74, 6) is -0.361. The van der Waals surface area contributed by atoms with Crippen molar-refractivity contribution in [1.82, 2.24) is 0 Å². The molecule has 1 atom stereocenters. The zero-order valence-electron chi connectivity index (χ0n) is 12.4. The topological polar surface area (TPSA) is 105 Å². The van der Waals surface area contributed by atoms with Crippen LogP contribution in [0.5, 0.6) is 0 Å². The van der Waals surface area contributed by atoms with Gasteiger partial charge in [0.15, 0.2) is 0 Å². The molecule has 0 spiro atoms. The van der Waals surface area contributed by atoms with E-state index in [-0.39, 0.29) is 11.8 Å². The highest BCUT2D eigenvalue weighted by atomic mass is 32.1. The summed E-state index contributed by atoms with van der Waals surface area (Å²) in [6, 6.07) is 7.11. The van der Waals surface area contributed by atoms with E-state index in [2.05, 4.69) is 5.32 Å². The van der Waals surface area contributed by atoms with Gasteiger partial charge in [0, 0.05) is 22.6 Å². The molecule has 0 saturated carbocycles. The van der Waals surface area contributed by atoms with Crippen LogP contribution in [0.3, 0.4) is 0 Å². The molecule has 1 aromatic carbocycles. The van der Waals surface area contributed by atoms with Gasteiger partial charge in [-0.15, -0.1) is 0 Å². The van der Waals surface area contributed by atoms with Crippen molar-refractivity contribution in [2.24, 2.45) is 5.73 Å². The van der Waals surface area contributed by atoms with Crippen molar-refractivity contribution in [3.05, 3.63) is 46.2 Å². The third kappa shape index (κ3) is 3.72. The van der Waals surface area contributed by atoms with Gasteiger partial charge in [-0.1, -0.05) is 0 Å². The van der Waals surface area contributed by atoms with Crippen molar-refractivity contribution in [2.45, 2.75) is 19.3 Å². The van der Waals surface area contributed by atoms with E-state index in [0.29, 0.717) is 35.6 Å². The Morgan fingerprint density at radius 2 is 2.18 bits per heavy atom. The van der Waals surface area contributed by atoms with Crippen LogP contribution in [0.2, 0.25) is 0 Å². The van der Waals surface area contributed by atoms with E-state index < -0.39 is 0 Å². The average molecular weight is 316 g/mol. The molecule has 0 aliphatic rings. The van der Waals surface area contributed by atoms with Gasteiger partial charge < -0.3 is 22.2 Å². The van der Waals surface area contributed by atoms with Crippen molar-refractivity contribution in [2.75, 3.05) is 17.6 Å². The lowest BCUT2D eigenvalue weighted by molar-refractivity contribution is -0.117. The molecule has 6 N–H and O–H groups in total. The second-order valence-electron chi connectivity index (χ2n) is 5.10. The molecule has 0 aliphatic heterocycles. The Labute approximate surface area is 133 Å². The summed E-state index contributed by atoms with van der Waals surface area (Å²) >= 11 is 1.56. The zero-order valence-corrected chi connectivity index (χ0v) is 13.2. The standard InChI is InChI=1S/C16H20N4OS/c1-10(18)14-8-12(2-3-15(14)19)20-16(21)13(4-6-17)11-5-7-22-9-11/h2-3,5,7-9,13,18H,4,6,17,19H2,1H3,(H,20,21). The fourth-order valence-electron chi connectivity index (χ4n) is 2.28. The van der Waals surface area contributed by atoms with E-state index in [1.54, 1.807) is 36.5 Å². The number of anilines is 2. The fraction of sp³-hybridized carbons (Fsp3) is 0.250. The maximum absolute atomic E-state index is 12.5. The predicted molar refractivity (Wildman–Crippen MR) is 92.7 cm³/mol. The summed E-state index contributed by atoms with van der Waals surface area (Å²) in [7, 11) is 0. The van der Waals surface area contributed by atoms with Gasteiger partial charge in [-0.25, -0.2) is 0 Å². The Kier molecular flexibility index (Phi) is 5.30. The lowest BCUT2D eigenvalue weighted by Crippen LogP contribution is -2.23. The van der Waals surface area contributed by atoms with Crippen LogP contribution in [0, 0.1) is 5.41 Å². The third-order valence-electron chi connectivity index (χ3n) is 3.44. The van der Waals surface area contributed by atoms with Crippen LogP contribution < -0.4 is 16.8 Å². The number of hydrogen-bond donors (Lipinski definition) is 4. The molecule has 2 aromatic rings. The number of rotatable bonds is 6. The minimum atomic E-state index is -0.265. The third-order valence-corrected chi connectivity index (χ3v) is 4.14. The number of nitrogens with one attached hydrogen (secondary N) is 2. The molecule has 0 aliphatic carbocycles. The molecule has 6 heteroatoms. The normalized spacial score (nSPS) is 11.9. The first-order valence-electron chi connectivity index (χ1n) is 7.01. The number of carbonyl (C=O) groups is 1. The number of carbonyl (C=O) groups excluding carboxylic acids is 1. The van der Waals surface area contributed by atoms with Gasteiger partial charge in [-0.3, -0.25) is 4.79 Å². The minimum Gasteiger partial charge on any atom is -0.398 e. The number of nitrogens with two attached hydrogens (primary N) is 2. The van der Waals surface area contributed by atoms with Crippen LogP contribution in [-0.2, 0) is 4.79 Å². The molecule has 22 heavy (non-hydrogen) atoms. The minimum absolute atomic E-state index is 0.0952. The molecule has 0 radical (unpaired) electrons. The largest absolute Gasteiger partial charge is 0.398 e. The molecular formula is C16H20N4OS. The van der Waals surface area contributed by atoms with E-state index >= 15 is 0 Å². The van der Waals surface area contributed by atoms with Crippen LogP contribution in [0.1, 0.15) is 30.4 Å². The number of hydrogen-bond acceptors (Lipinski definition) is 5. The van der Waals surface area contributed by atoms with Crippen molar-refractivity contribution in [3.63, 3.8) is 0 Å². The number of thiophene rings is 1. The Morgan fingerprint density at radius 1 is 1.41 bits per heavy atom. The molecular weight excluding hydrogens is 296 g/mol. The SMILES string of the molecule is CC(=N)c1cc(NC(=O)C(CCN)c2ccsc2)ccc1N. The molecule has 1 heterocycles. The monoisotopic (exact) mass is 316 g/mol. The van der Waals surface area contributed by atoms with E-state index in [4.69, 9.17) is 16.9 Å². The van der Waals surface area contributed by atoms with Gasteiger partial charge in [0.2, 0.25) is 5.91 Å². The molecule has 1 aromatic heterocycles. The molecule has 0 fully saturated rings. The zero-order chi connectivity index (χ0) is 16.1. The second kappa shape index (κ2) is 7.20. The molecule has 0 bridgehead atoms. The Balaban J connectivity index is 2.20. The fourth-order valence-corrected chi connectivity index (χ4v) is 2.99. The maximum atomic E-state index is 12.5. The number of nitrogen functional groups attached to an aromatic ring is 1. The predicted octanol–water partition coefficient (Wildman–Crippen LogP) is 2.79. The average Bonchev–Trinajstić information content (AvgIpc) is 3.00. The van der Waals surface area contributed by atoms with Crippen molar-refractivity contribution in [3.8, 4) is 0 Å². The van der Waals surface area contributed by atoms with Gasteiger partial charge in [-0.05, 0) is 60.5 Å². The van der Waals surface area contributed by atoms with Crippen LogP contribution in [0.15, 0.2) is 35.0 Å². The smallest absolute Gasteiger partial charge is 0.231 e. The van der Waals surface area contributed by atoms with Crippen LogP contribution in [0.4, 0.5) is 11.4 Å². The van der Waals surface area contributed by atoms with Gasteiger partial charge >= 0.3 is 0 Å². The first-order valence-corrected chi connectivity index (χ1v) is 7.95. The molecule has 5 nitrogen and oxygen atoms in total. The van der Waals surface area contributed by atoms with Crippen LogP contribution in [-0.4, -0.2) is 18.2 Å². The highest BCUT2D eigenvalue weighted by molar-refractivity contribution is 7.08. The van der Waals surface area contributed by atoms with Crippen LogP contribution in [0.25, 0.3) is 0 Å². The second-order valence-corrected chi connectivity index (χ2v) is 5.88. The molecule has 2 rings (SSSR count). The molecule has 1 amide bonds. The van der Waals surface area contributed by atoms with E-state index in [0.717, 1.165) is 5.56 Å². The lowest BCUT2D eigenvalue weighted by Gasteiger charge is -2.16. The van der Waals surface area contributed by atoms with Gasteiger partial charge in [0.25, 0.3) is 0 Å². The maximum Gasteiger partial charge on any atom is 0.231 e. The quantitative estimate of drug-likeness (QED) is 0.486. The number of amides is 1.